The molecule has 1 aliphatic carbocycles. The van der Waals surface area contributed by atoms with Crippen LogP contribution in [0, 0.1) is 5.92 Å². The van der Waals surface area contributed by atoms with E-state index < -0.39 is 17.9 Å². The Morgan fingerprint density at radius 1 is 1.03 bits per heavy atom. The fourth-order valence-corrected chi connectivity index (χ4v) is 4.57. The lowest BCUT2D eigenvalue weighted by Gasteiger charge is -2.29. The second-order valence-electron chi connectivity index (χ2n) is 8.11. The van der Waals surface area contributed by atoms with E-state index >= 15 is 0 Å². The van der Waals surface area contributed by atoms with Gasteiger partial charge in [0.25, 0.3) is 0 Å². The van der Waals surface area contributed by atoms with Crippen LogP contribution in [0.4, 0.5) is 0 Å². The Morgan fingerprint density at radius 2 is 1.71 bits per heavy atom. The number of nitrogens with one attached hydrogen (secondary N) is 1. The van der Waals surface area contributed by atoms with E-state index in [0.717, 1.165) is 6.42 Å². The minimum Gasteiger partial charge on any atom is -0.478 e. The van der Waals surface area contributed by atoms with Gasteiger partial charge < -0.3 is 15.2 Å². The first kappa shape index (κ1) is 21.2. The van der Waals surface area contributed by atoms with Crippen molar-refractivity contribution in [2.45, 2.75) is 32.1 Å². The molecule has 0 radical (unpaired) electrons. The number of hydrogen-bond acceptors (Lipinski definition) is 4. The molecule has 0 saturated heterocycles. The first-order valence-electron chi connectivity index (χ1n) is 10.3. The standard InChI is InChI=1S/C25H24ClNO4/c1-14-21(24(28)29)23(17-9-6-10-19(26)11-17)22(15(2)27-14)25(30)31-13-18-12-20(18)16-7-4-3-5-8-16/h3-11,18,20,23,27H,12-13H2,1-2H3,(H,28,29). The summed E-state index contributed by atoms with van der Waals surface area (Å²) in [6.45, 7) is 3.77. The Kier molecular flexibility index (Phi) is 5.88. The van der Waals surface area contributed by atoms with Crippen molar-refractivity contribution in [3.63, 3.8) is 0 Å². The fraction of sp³-hybridized carbons (Fsp3) is 0.280. The van der Waals surface area contributed by atoms with Crippen LogP contribution in [0.15, 0.2) is 77.1 Å². The Labute approximate surface area is 186 Å². The topological polar surface area (TPSA) is 75.6 Å². The van der Waals surface area contributed by atoms with Gasteiger partial charge in [-0.05, 0) is 49.4 Å². The van der Waals surface area contributed by atoms with Gasteiger partial charge in [0.15, 0.2) is 0 Å². The molecule has 0 bridgehead atoms. The normalized spacial score (nSPS) is 22.7. The number of hydrogen-bond donors (Lipinski definition) is 2. The molecule has 1 fully saturated rings. The molecule has 1 saturated carbocycles. The van der Waals surface area contributed by atoms with E-state index in [1.807, 2.05) is 18.2 Å². The molecule has 2 aromatic carbocycles. The lowest BCUT2D eigenvalue weighted by molar-refractivity contribution is -0.140. The van der Waals surface area contributed by atoms with Gasteiger partial charge in [0.2, 0.25) is 0 Å². The molecule has 0 aromatic heterocycles. The van der Waals surface area contributed by atoms with Crippen molar-refractivity contribution in [2.75, 3.05) is 6.61 Å². The minimum atomic E-state index is -1.08. The maximum absolute atomic E-state index is 13.2. The van der Waals surface area contributed by atoms with Crippen molar-refractivity contribution in [3.8, 4) is 0 Å². The molecular formula is C25H24ClNO4. The van der Waals surface area contributed by atoms with Crippen LogP contribution in [0.1, 0.15) is 43.2 Å². The largest absolute Gasteiger partial charge is 0.478 e. The Morgan fingerprint density at radius 3 is 2.39 bits per heavy atom. The summed E-state index contributed by atoms with van der Waals surface area (Å²) in [4.78, 5) is 25.2. The molecular weight excluding hydrogens is 414 g/mol. The van der Waals surface area contributed by atoms with E-state index in [2.05, 4.69) is 17.4 Å². The van der Waals surface area contributed by atoms with E-state index in [1.54, 1.807) is 38.1 Å². The summed E-state index contributed by atoms with van der Waals surface area (Å²) in [6, 6.07) is 17.1. The van der Waals surface area contributed by atoms with Crippen molar-refractivity contribution in [1.29, 1.82) is 0 Å². The maximum Gasteiger partial charge on any atom is 0.336 e. The van der Waals surface area contributed by atoms with Crippen LogP contribution >= 0.6 is 11.6 Å². The minimum absolute atomic E-state index is 0.119. The molecule has 4 rings (SSSR count). The van der Waals surface area contributed by atoms with Gasteiger partial charge in [-0.3, -0.25) is 0 Å². The lowest BCUT2D eigenvalue weighted by Crippen LogP contribution is -2.32. The molecule has 160 valence electrons. The Bertz CT molecular complexity index is 1090. The van der Waals surface area contributed by atoms with Crippen LogP contribution in [-0.2, 0) is 14.3 Å². The number of carbonyl (C=O) groups is 2. The van der Waals surface area contributed by atoms with E-state index in [-0.39, 0.29) is 11.5 Å². The van der Waals surface area contributed by atoms with Gasteiger partial charge in [0.05, 0.1) is 23.7 Å². The van der Waals surface area contributed by atoms with E-state index in [0.29, 0.717) is 40.1 Å². The molecule has 6 heteroatoms. The number of benzene rings is 2. The second-order valence-corrected chi connectivity index (χ2v) is 8.54. The number of allylic oxidation sites excluding steroid dienone is 2. The summed E-state index contributed by atoms with van der Waals surface area (Å²) in [7, 11) is 0. The monoisotopic (exact) mass is 437 g/mol. The zero-order valence-electron chi connectivity index (χ0n) is 17.4. The van der Waals surface area contributed by atoms with Crippen LogP contribution in [0.2, 0.25) is 5.02 Å². The molecule has 0 spiro atoms. The highest BCUT2D eigenvalue weighted by molar-refractivity contribution is 6.30. The molecule has 2 aromatic rings. The van der Waals surface area contributed by atoms with E-state index in [9.17, 15) is 14.7 Å². The number of carboxylic acid groups (broad SMARTS) is 1. The molecule has 2 aliphatic rings. The summed E-state index contributed by atoms with van der Waals surface area (Å²) >= 11 is 6.17. The third-order valence-corrected chi connectivity index (χ3v) is 6.21. The summed E-state index contributed by atoms with van der Waals surface area (Å²) in [5.74, 6) is -1.66. The maximum atomic E-state index is 13.2. The first-order valence-corrected chi connectivity index (χ1v) is 10.6. The average Bonchev–Trinajstić information content (AvgIpc) is 3.51. The molecule has 3 atom stereocenters. The van der Waals surface area contributed by atoms with E-state index in [1.165, 1.54) is 5.56 Å². The Balaban J connectivity index is 1.57. The number of carbonyl (C=O) groups excluding carboxylic acids is 1. The SMILES string of the molecule is CC1=C(C(=O)O)C(c2cccc(Cl)c2)C(C(=O)OCC2CC2c2ccccc2)=C(C)N1. The number of ether oxygens (including phenoxy) is 1. The third-order valence-electron chi connectivity index (χ3n) is 5.97. The van der Waals surface area contributed by atoms with Crippen LogP contribution in [0.25, 0.3) is 0 Å². The number of dihydropyridines is 1. The fourth-order valence-electron chi connectivity index (χ4n) is 4.37. The van der Waals surface area contributed by atoms with Crippen molar-refractivity contribution < 1.29 is 19.4 Å². The predicted octanol–water partition coefficient (Wildman–Crippen LogP) is 5.01. The van der Waals surface area contributed by atoms with Crippen LogP contribution < -0.4 is 5.32 Å². The predicted molar refractivity (Wildman–Crippen MR) is 119 cm³/mol. The van der Waals surface area contributed by atoms with Crippen molar-refractivity contribution in [3.05, 3.63) is 93.3 Å². The average molecular weight is 438 g/mol. The molecule has 31 heavy (non-hydrogen) atoms. The number of rotatable bonds is 6. The highest BCUT2D eigenvalue weighted by atomic mass is 35.5. The van der Waals surface area contributed by atoms with Gasteiger partial charge in [0, 0.05) is 22.3 Å². The number of carboxylic acids is 1. The lowest BCUT2D eigenvalue weighted by atomic mass is 9.80. The van der Waals surface area contributed by atoms with Gasteiger partial charge >= 0.3 is 11.9 Å². The molecule has 2 N–H and O–H groups in total. The molecule has 3 unspecified atom stereocenters. The zero-order chi connectivity index (χ0) is 22.1. The zero-order valence-corrected chi connectivity index (χ0v) is 18.1. The third kappa shape index (κ3) is 4.37. The molecule has 1 heterocycles. The molecule has 1 aliphatic heterocycles. The van der Waals surface area contributed by atoms with Gasteiger partial charge in [-0.15, -0.1) is 0 Å². The quantitative estimate of drug-likeness (QED) is 0.621. The number of halogens is 1. The number of esters is 1. The van der Waals surface area contributed by atoms with Crippen LogP contribution in [0.5, 0.6) is 0 Å². The van der Waals surface area contributed by atoms with E-state index in [4.69, 9.17) is 16.3 Å². The highest BCUT2D eigenvalue weighted by Gasteiger charge is 2.41. The van der Waals surface area contributed by atoms with Gasteiger partial charge in [-0.25, -0.2) is 9.59 Å². The van der Waals surface area contributed by atoms with Gasteiger partial charge in [0.1, 0.15) is 0 Å². The first-order chi connectivity index (χ1) is 14.9. The smallest absolute Gasteiger partial charge is 0.336 e. The number of aliphatic carboxylic acids is 1. The van der Waals surface area contributed by atoms with Gasteiger partial charge in [-0.2, -0.15) is 0 Å². The second kappa shape index (κ2) is 8.60. The molecule has 5 nitrogen and oxygen atoms in total. The summed E-state index contributed by atoms with van der Waals surface area (Å²) in [5, 5.41) is 13.4. The summed E-state index contributed by atoms with van der Waals surface area (Å²) < 4.78 is 5.69. The van der Waals surface area contributed by atoms with Crippen molar-refractivity contribution in [1.82, 2.24) is 5.32 Å². The summed E-state index contributed by atoms with van der Waals surface area (Å²) in [5.41, 5.74) is 3.41. The van der Waals surface area contributed by atoms with Crippen molar-refractivity contribution in [2.24, 2.45) is 5.92 Å². The van der Waals surface area contributed by atoms with Gasteiger partial charge in [-0.1, -0.05) is 54.1 Å². The van der Waals surface area contributed by atoms with Crippen LogP contribution in [0.3, 0.4) is 0 Å². The highest BCUT2D eigenvalue weighted by Crippen LogP contribution is 2.48. The summed E-state index contributed by atoms with van der Waals surface area (Å²) in [6.07, 6.45) is 0.977. The van der Waals surface area contributed by atoms with Crippen LogP contribution in [-0.4, -0.2) is 23.7 Å². The molecule has 0 amide bonds. The van der Waals surface area contributed by atoms with Crippen molar-refractivity contribution >= 4 is 23.5 Å². The Hall–Kier alpha value is -3.05.